The molecule has 3 rings (SSSR count). The largest absolute Gasteiger partial charge is 0.333 e. The maximum Gasteiger partial charge on any atom is 0.243 e. The molecule has 1 aliphatic heterocycles. The smallest absolute Gasteiger partial charge is 0.243 e. The number of halogens is 1. The predicted molar refractivity (Wildman–Crippen MR) is 97.9 cm³/mol. The van der Waals surface area contributed by atoms with Gasteiger partial charge in [0.15, 0.2) is 0 Å². The fourth-order valence-corrected chi connectivity index (χ4v) is 3.22. The van der Waals surface area contributed by atoms with Gasteiger partial charge in [0.1, 0.15) is 0 Å². The fourth-order valence-electron chi connectivity index (χ4n) is 2.97. The zero-order valence-corrected chi connectivity index (χ0v) is 15.0. The van der Waals surface area contributed by atoms with E-state index in [1.54, 1.807) is 4.90 Å². The number of anilines is 1. The normalized spacial score (nSPS) is 17.2. The second-order valence-electron chi connectivity index (χ2n) is 6.10. The van der Waals surface area contributed by atoms with E-state index in [1.807, 2.05) is 55.5 Å². The molecule has 0 radical (unpaired) electrons. The number of aryl methyl sites for hydroxylation is 1. The lowest BCUT2D eigenvalue weighted by molar-refractivity contribution is -0.131. The van der Waals surface area contributed by atoms with Crippen molar-refractivity contribution in [2.24, 2.45) is 0 Å². The van der Waals surface area contributed by atoms with Crippen LogP contribution in [0, 0.1) is 6.92 Å². The molecule has 1 N–H and O–H groups in total. The van der Waals surface area contributed by atoms with Gasteiger partial charge in [-0.15, -0.1) is 0 Å². The van der Waals surface area contributed by atoms with Gasteiger partial charge in [-0.1, -0.05) is 46.3 Å². The molecule has 1 heterocycles. The summed E-state index contributed by atoms with van der Waals surface area (Å²) in [7, 11) is 0. The van der Waals surface area contributed by atoms with Gasteiger partial charge in [0.05, 0.1) is 6.54 Å². The van der Waals surface area contributed by atoms with E-state index < -0.39 is 0 Å². The zero-order valence-electron chi connectivity index (χ0n) is 13.5. The highest BCUT2D eigenvalue weighted by atomic mass is 79.9. The summed E-state index contributed by atoms with van der Waals surface area (Å²) >= 11 is 3.44. The van der Waals surface area contributed by atoms with Crippen LogP contribution in [0.3, 0.4) is 0 Å². The summed E-state index contributed by atoms with van der Waals surface area (Å²) in [5.74, 6) is 0.0335. The summed E-state index contributed by atoms with van der Waals surface area (Å²) in [6, 6.07) is 15.6. The van der Waals surface area contributed by atoms with Crippen molar-refractivity contribution in [3.05, 3.63) is 64.1 Å². The molecule has 4 nitrogen and oxygen atoms in total. The summed E-state index contributed by atoms with van der Waals surface area (Å²) in [6.45, 7) is 2.65. The molecular formula is C19H19BrN2O2. The van der Waals surface area contributed by atoms with E-state index in [4.69, 9.17) is 0 Å². The number of rotatable bonds is 4. The van der Waals surface area contributed by atoms with Crippen molar-refractivity contribution in [1.82, 2.24) is 4.90 Å². The SMILES string of the molecule is Cc1cc(NC(=O)CN2CC(c3ccccc3)CC2=O)ccc1Br. The standard InChI is InChI=1S/C19H19BrN2O2/c1-13-9-16(7-8-17(13)20)21-18(23)12-22-11-15(10-19(22)24)14-5-3-2-4-6-14/h2-9,15H,10-12H2,1H3,(H,21,23). The number of nitrogens with zero attached hydrogens (tertiary/aromatic N) is 1. The number of carbonyl (C=O) groups is 2. The van der Waals surface area contributed by atoms with Crippen molar-refractivity contribution in [3.63, 3.8) is 0 Å². The molecule has 24 heavy (non-hydrogen) atoms. The van der Waals surface area contributed by atoms with Crippen LogP contribution in [0.15, 0.2) is 53.0 Å². The van der Waals surface area contributed by atoms with Gasteiger partial charge in [-0.3, -0.25) is 9.59 Å². The Kier molecular flexibility index (Phi) is 5.00. The Morgan fingerprint density at radius 2 is 2.00 bits per heavy atom. The first kappa shape index (κ1) is 16.7. The summed E-state index contributed by atoms with van der Waals surface area (Å²) < 4.78 is 1.00. The average Bonchev–Trinajstić information content (AvgIpc) is 2.93. The summed E-state index contributed by atoms with van der Waals surface area (Å²) in [5, 5.41) is 2.86. The first-order valence-electron chi connectivity index (χ1n) is 7.91. The lowest BCUT2D eigenvalue weighted by atomic mass is 9.99. The second kappa shape index (κ2) is 7.18. The van der Waals surface area contributed by atoms with Crippen LogP contribution in [-0.2, 0) is 9.59 Å². The van der Waals surface area contributed by atoms with Crippen LogP contribution in [0.4, 0.5) is 5.69 Å². The average molecular weight is 387 g/mol. The topological polar surface area (TPSA) is 49.4 Å². The van der Waals surface area contributed by atoms with Crippen molar-refractivity contribution in [2.45, 2.75) is 19.3 Å². The number of benzene rings is 2. The highest BCUT2D eigenvalue weighted by Crippen LogP contribution is 2.27. The minimum Gasteiger partial charge on any atom is -0.333 e. The van der Waals surface area contributed by atoms with Gasteiger partial charge in [-0.05, 0) is 36.2 Å². The van der Waals surface area contributed by atoms with Gasteiger partial charge < -0.3 is 10.2 Å². The number of hydrogen-bond acceptors (Lipinski definition) is 2. The summed E-state index contributed by atoms with van der Waals surface area (Å²) in [5.41, 5.74) is 2.94. The van der Waals surface area contributed by atoms with E-state index in [2.05, 4.69) is 21.2 Å². The maximum absolute atomic E-state index is 12.2. The van der Waals surface area contributed by atoms with Crippen LogP contribution in [0.1, 0.15) is 23.5 Å². The van der Waals surface area contributed by atoms with E-state index in [9.17, 15) is 9.59 Å². The molecule has 0 spiro atoms. The third-order valence-electron chi connectivity index (χ3n) is 4.26. The molecule has 0 aliphatic carbocycles. The van der Waals surface area contributed by atoms with E-state index in [-0.39, 0.29) is 24.3 Å². The number of amides is 2. The van der Waals surface area contributed by atoms with Crippen LogP contribution in [-0.4, -0.2) is 29.8 Å². The molecule has 1 saturated heterocycles. The Labute approximate surface area is 150 Å². The van der Waals surface area contributed by atoms with Gasteiger partial charge in [-0.25, -0.2) is 0 Å². The Morgan fingerprint density at radius 1 is 1.25 bits per heavy atom. The minimum atomic E-state index is -0.168. The Hall–Kier alpha value is -2.14. The molecule has 2 aromatic rings. The number of likely N-dealkylation sites (tertiary alicyclic amines) is 1. The molecule has 1 fully saturated rings. The first-order valence-corrected chi connectivity index (χ1v) is 8.71. The number of carbonyl (C=O) groups excluding carboxylic acids is 2. The number of hydrogen-bond donors (Lipinski definition) is 1. The quantitative estimate of drug-likeness (QED) is 0.870. The summed E-state index contributed by atoms with van der Waals surface area (Å²) in [4.78, 5) is 26.1. The van der Waals surface area contributed by atoms with Crippen molar-refractivity contribution >= 4 is 33.4 Å². The molecule has 1 atom stereocenters. The molecule has 1 unspecified atom stereocenters. The molecule has 0 saturated carbocycles. The molecule has 2 amide bonds. The fraction of sp³-hybridized carbons (Fsp3) is 0.263. The van der Waals surface area contributed by atoms with Gasteiger partial charge in [0, 0.05) is 29.0 Å². The first-order chi connectivity index (χ1) is 11.5. The van der Waals surface area contributed by atoms with Crippen molar-refractivity contribution in [3.8, 4) is 0 Å². The molecule has 0 aromatic heterocycles. The highest BCUT2D eigenvalue weighted by Gasteiger charge is 2.31. The lowest BCUT2D eigenvalue weighted by Crippen LogP contribution is -2.34. The van der Waals surface area contributed by atoms with Crippen LogP contribution in [0.5, 0.6) is 0 Å². The Balaban J connectivity index is 1.60. The second-order valence-corrected chi connectivity index (χ2v) is 6.95. The van der Waals surface area contributed by atoms with Gasteiger partial charge in [0.2, 0.25) is 11.8 Å². The van der Waals surface area contributed by atoms with E-state index >= 15 is 0 Å². The molecular weight excluding hydrogens is 368 g/mol. The maximum atomic E-state index is 12.2. The molecule has 0 bridgehead atoms. The molecule has 1 aliphatic rings. The molecule has 5 heteroatoms. The van der Waals surface area contributed by atoms with Crippen LogP contribution in [0.25, 0.3) is 0 Å². The molecule has 124 valence electrons. The van der Waals surface area contributed by atoms with Gasteiger partial charge in [-0.2, -0.15) is 0 Å². The van der Waals surface area contributed by atoms with Gasteiger partial charge >= 0.3 is 0 Å². The predicted octanol–water partition coefficient (Wildman–Crippen LogP) is 3.71. The van der Waals surface area contributed by atoms with E-state index in [1.165, 1.54) is 0 Å². The van der Waals surface area contributed by atoms with Crippen molar-refractivity contribution < 1.29 is 9.59 Å². The number of nitrogens with one attached hydrogen (secondary N) is 1. The molecule has 2 aromatic carbocycles. The van der Waals surface area contributed by atoms with Crippen LogP contribution in [0.2, 0.25) is 0 Å². The van der Waals surface area contributed by atoms with Crippen molar-refractivity contribution in [1.29, 1.82) is 0 Å². The van der Waals surface area contributed by atoms with Gasteiger partial charge in [0.25, 0.3) is 0 Å². The van der Waals surface area contributed by atoms with Crippen LogP contribution < -0.4 is 5.32 Å². The van der Waals surface area contributed by atoms with Crippen LogP contribution >= 0.6 is 15.9 Å². The van der Waals surface area contributed by atoms with E-state index in [0.717, 1.165) is 21.3 Å². The third kappa shape index (κ3) is 3.85. The Bertz CT molecular complexity index is 761. The summed E-state index contributed by atoms with van der Waals surface area (Å²) in [6.07, 6.45) is 0.467. The Morgan fingerprint density at radius 3 is 2.71 bits per heavy atom. The zero-order chi connectivity index (χ0) is 17.1. The lowest BCUT2D eigenvalue weighted by Gasteiger charge is -2.16. The van der Waals surface area contributed by atoms with E-state index in [0.29, 0.717) is 13.0 Å². The monoisotopic (exact) mass is 386 g/mol. The highest BCUT2D eigenvalue weighted by molar-refractivity contribution is 9.10. The third-order valence-corrected chi connectivity index (χ3v) is 5.15. The van der Waals surface area contributed by atoms with Crippen molar-refractivity contribution in [2.75, 3.05) is 18.4 Å². The minimum absolute atomic E-state index is 0.0333.